The highest BCUT2D eigenvalue weighted by Crippen LogP contribution is 2.32. The highest BCUT2D eigenvalue weighted by atomic mass is 35.5. The van der Waals surface area contributed by atoms with Gasteiger partial charge in [0.05, 0.1) is 16.1 Å². The summed E-state index contributed by atoms with van der Waals surface area (Å²) in [5.74, 6) is 1.23. The Labute approximate surface area is 237 Å². The Balaban J connectivity index is 1.20. The number of carbonyl (C=O) groups excluding carboxylic acids is 1. The number of aromatic nitrogens is 4. The molecule has 2 saturated heterocycles. The predicted octanol–water partition coefficient (Wildman–Crippen LogP) is 4.05. The fourth-order valence-corrected chi connectivity index (χ4v) is 5.89. The molecule has 1 amide bonds. The summed E-state index contributed by atoms with van der Waals surface area (Å²) in [5, 5.41) is 11.9. The van der Waals surface area contributed by atoms with Crippen molar-refractivity contribution in [3.05, 3.63) is 40.1 Å². The van der Waals surface area contributed by atoms with E-state index in [9.17, 15) is 4.79 Å². The molecule has 2 aliphatic rings. The van der Waals surface area contributed by atoms with Crippen LogP contribution in [-0.4, -0.2) is 87.2 Å². The van der Waals surface area contributed by atoms with E-state index in [-0.39, 0.29) is 16.9 Å². The van der Waals surface area contributed by atoms with Crippen molar-refractivity contribution in [3.8, 4) is 11.5 Å². The number of nitrogen functional groups attached to an aromatic ring is 1. The van der Waals surface area contributed by atoms with Crippen molar-refractivity contribution in [3.63, 3.8) is 0 Å². The maximum Gasteiger partial charge on any atom is 0.315 e. The molecule has 0 saturated carbocycles. The molecule has 13 heteroatoms. The topological polar surface area (TPSA) is 130 Å². The van der Waals surface area contributed by atoms with Crippen LogP contribution in [0.4, 0.5) is 17.7 Å². The maximum absolute atomic E-state index is 13.0. The standard InChI is InChI=1S/C26H33Cl2N9O2/c1-3-17-15-36(23-20(27)13-16(14-31-23)24-33-34-26(39-24)30-4-2)11-12-37(17)18-7-9-35(10-8-18)25(38)19-5-6-21(28)32-22(19)29/h5-6,13-14,17-18H,3-4,7-12,15H2,1-2H3,(H2,29,32)(H,30,34). The largest absolute Gasteiger partial charge is 0.403 e. The molecule has 0 bridgehead atoms. The average Bonchev–Trinajstić information content (AvgIpc) is 3.41. The zero-order valence-electron chi connectivity index (χ0n) is 22.1. The van der Waals surface area contributed by atoms with Crippen LogP contribution >= 0.6 is 23.2 Å². The van der Waals surface area contributed by atoms with E-state index in [1.165, 1.54) is 0 Å². The van der Waals surface area contributed by atoms with Crippen molar-refractivity contribution in [1.82, 2.24) is 30.0 Å². The van der Waals surface area contributed by atoms with Crippen LogP contribution in [0.3, 0.4) is 0 Å². The van der Waals surface area contributed by atoms with Gasteiger partial charge in [0, 0.05) is 57.5 Å². The van der Waals surface area contributed by atoms with Gasteiger partial charge in [-0.05, 0) is 44.4 Å². The number of pyridine rings is 2. The first-order valence-electron chi connectivity index (χ1n) is 13.3. The van der Waals surface area contributed by atoms with Crippen LogP contribution in [0.2, 0.25) is 10.2 Å². The lowest BCUT2D eigenvalue weighted by Crippen LogP contribution is -2.58. The van der Waals surface area contributed by atoms with Crippen LogP contribution < -0.4 is 16.0 Å². The molecule has 1 atom stereocenters. The Bertz CT molecular complexity index is 1310. The average molecular weight is 575 g/mol. The Morgan fingerprint density at radius 2 is 1.95 bits per heavy atom. The molecule has 208 valence electrons. The number of hydrogen-bond acceptors (Lipinski definition) is 10. The summed E-state index contributed by atoms with van der Waals surface area (Å²) in [6, 6.07) is 6.23. The van der Waals surface area contributed by atoms with Crippen LogP contribution in [0.1, 0.15) is 43.5 Å². The van der Waals surface area contributed by atoms with E-state index in [2.05, 4.69) is 42.2 Å². The van der Waals surface area contributed by atoms with Gasteiger partial charge in [0.2, 0.25) is 0 Å². The second-order valence-corrected chi connectivity index (χ2v) is 10.6. The van der Waals surface area contributed by atoms with Crippen LogP contribution in [0.25, 0.3) is 11.5 Å². The van der Waals surface area contributed by atoms with Crippen molar-refractivity contribution in [2.24, 2.45) is 0 Å². The Morgan fingerprint density at radius 1 is 1.15 bits per heavy atom. The third kappa shape index (κ3) is 5.90. The van der Waals surface area contributed by atoms with Gasteiger partial charge < -0.3 is 25.3 Å². The summed E-state index contributed by atoms with van der Waals surface area (Å²) in [7, 11) is 0. The summed E-state index contributed by atoms with van der Waals surface area (Å²) >= 11 is 12.6. The Kier molecular flexibility index (Phi) is 8.39. The van der Waals surface area contributed by atoms with Crippen molar-refractivity contribution >= 4 is 46.8 Å². The summed E-state index contributed by atoms with van der Waals surface area (Å²) < 4.78 is 5.63. The van der Waals surface area contributed by atoms with Gasteiger partial charge in [-0.15, -0.1) is 5.10 Å². The van der Waals surface area contributed by atoms with Gasteiger partial charge in [-0.1, -0.05) is 35.2 Å². The number of nitrogens with zero attached hydrogens (tertiary/aromatic N) is 7. The molecule has 11 nitrogen and oxygen atoms in total. The first-order chi connectivity index (χ1) is 18.9. The molecule has 39 heavy (non-hydrogen) atoms. The number of nitrogens with two attached hydrogens (primary N) is 1. The Morgan fingerprint density at radius 3 is 2.64 bits per heavy atom. The van der Waals surface area contributed by atoms with E-state index in [0.717, 1.165) is 44.7 Å². The third-order valence-electron chi connectivity index (χ3n) is 7.46. The molecule has 0 aromatic carbocycles. The van der Waals surface area contributed by atoms with E-state index < -0.39 is 0 Å². The summed E-state index contributed by atoms with van der Waals surface area (Å²) in [5.41, 5.74) is 7.04. The molecular weight excluding hydrogens is 541 g/mol. The number of piperidine rings is 1. The number of hydrogen-bond donors (Lipinski definition) is 2. The SMILES string of the molecule is CCNc1nnc(-c2cnc(N3CCN(C4CCN(C(=O)c5ccc(Cl)nc5N)CC4)C(CC)C3)c(Cl)c2)o1. The zero-order chi connectivity index (χ0) is 27.5. The molecule has 0 aliphatic carbocycles. The van der Waals surface area contributed by atoms with Gasteiger partial charge in [-0.3, -0.25) is 9.69 Å². The van der Waals surface area contributed by atoms with E-state index in [4.69, 9.17) is 33.4 Å². The number of rotatable bonds is 7. The van der Waals surface area contributed by atoms with Crippen molar-refractivity contribution in [2.75, 3.05) is 55.2 Å². The number of nitrogens with one attached hydrogen (secondary N) is 1. The molecule has 3 aromatic rings. The summed E-state index contributed by atoms with van der Waals surface area (Å²) in [6.07, 6.45) is 4.56. The van der Waals surface area contributed by atoms with E-state index >= 15 is 0 Å². The second kappa shape index (κ2) is 11.9. The van der Waals surface area contributed by atoms with Crippen molar-refractivity contribution < 1.29 is 9.21 Å². The Hall–Kier alpha value is -3.15. The minimum Gasteiger partial charge on any atom is -0.403 e. The van der Waals surface area contributed by atoms with Gasteiger partial charge in [0.15, 0.2) is 0 Å². The maximum atomic E-state index is 13.0. The minimum atomic E-state index is -0.0884. The number of amides is 1. The summed E-state index contributed by atoms with van der Waals surface area (Å²) in [6.45, 7) is 8.79. The van der Waals surface area contributed by atoms with Crippen LogP contribution in [0.15, 0.2) is 28.8 Å². The highest BCUT2D eigenvalue weighted by molar-refractivity contribution is 6.33. The molecule has 5 heterocycles. The minimum absolute atomic E-state index is 0.0884. The third-order valence-corrected chi connectivity index (χ3v) is 7.95. The number of halogens is 2. The van der Waals surface area contributed by atoms with Gasteiger partial charge in [-0.2, -0.15) is 0 Å². The lowest BCUT2D eigenvalue weighted by Gasteiger charge is -2.47. The number of likely N-dealkylation sites (tertiary alicyclic amines) is 1. The molecule has 3 N–H and O–H groups in total. The molecule has 0 radical (unpaired) electrons. The fourth-order valence-electron chi connectivity index (χ4n) is 5.45. The molecular formula is C26H33Cl2N9O2. The summed E-state index contributed by atoms with van der Waals surface area (Å²) in [4.78, 5) is 28.4. The molecule has 2 aliphatic heterocycles. The van der Waals surface area contributed by atoms with E-state index in [1.807, 2.05) is 17.9 Å². The van der Waals surface area contributed by atoms with Gasteiger partial charge in [-0.25, -0.2) is 9.97 Å². The van der Waals surface area contributed by atoms with Crippen LogP contribution in [0, 0.1) is 0 Å². The molecule has 2 fully saturated rings. The van der Waals surface area contributed by atoms with E-state index in [0.29, 0.717) is 59.8 Å². The smallest absolute Gasteiger partial charge is 0.315 e. The molecule has 1 unspecified atom stereocenters. The predicted molar refractivity (Wildman–Crippen MR) is 152 cm³/mol. The number of carbonyl (C=O) groups is 1. The lowest BCUT2D eigenvalue weighted by atomic mass is 9.97. The fraction of sp³-hybridized carbons (Fsp3) is 0.500. The first-order valence-corrected chi connectivity index (χ1v) is 14.1. The van der Waals surface area contributed by atoms with Crippen LogP contribution in [-0.2, 0) is 0 Å². The molecule has 0 spiro atoms. The van der Waals surface area contributed by atoms with Gasteiger partial charge in [0.1, 0.15) is 16.8 Å². The van der Waals surface area contributed by atoms with Crippen molar-refractivity contribution in [1.29, 1.82) is 0 Å². The molecule has 5 rings (SSSR count). The number of piperazine rings is 1. The zero-order valence-corrected chi connectivity index (χ0v) is 23.6. The van der Waals surface area contributed by atoms with Gasteiger partial charge in [0.25, 0.3) is 11.8 Å². The van der Waals surface area contributed by atoms with Gasteiger partial charge >= 0.3 is 6.01 Å². The highest BCUT2D eigenvalue weighted by Gasteiger charge is 2.35. The monoisotopic (exact) mass is 573 g/mol. The first kappa shape index (κ1) is 27.4. The normalized spacial score (nSPS) is 18.9. The van der Waals surface area contributed by atoms with E-state index in [1.54, 1.807) is 18.3 Å². The molecule has 3 aromatic heterocycles. The van der Waals surface area contributed by atoms with Crippen molar-refractivity contribution in [2.45, 2.75) is 45.2 Å². The quantitative estimate of drug-likeness (QED) is 0.399. The second-order valence-electron chi connectivity index (χ2n) is 9.81. The lowest BCUT2D eigenvalue weighted by molar-refractivity contribution is 0.0491. The number of anilines is 3. The van der Waals surface area contributed by atoms with Crippen LogP contribution in [0.5, 0.6) is 0 Å².